The Morgan fingerprint density at radius 1 is 1.11 bits per heavy atom. The summed E-state index contributed by atoms with van der Waals surface area (Å²) < 4.78 is 28.6. The number of benzene rings is 2. The zero-order chi connectivity index (χ0) is 25.3. The minimum atomic E-state index is -0.797. The van der Waals surface area contributed by atoms with Gasteiger partial charge in [-0.1, -0.05) is 57.0 Å². The monoisotopic (exact) mass is 497 g/mol. The third kappa shape index (κ3) is 4.47. The number of hydrogen-bond donors (Lipinski definition) is 2. The van der Waals surface area contributed by atoms with E-state index < -0.39 is 17.0 Å². The van der Waals surface area contributed by atoms with Gasteiger partial charge in [0.25, 0.3) is 0 Å². The molecule has 4 nitrogen and oxygen atoms in total. The Morgan fingerprint density at radius 2 is 1.86 bits per heavy atom. The maximum atomic E-state index is 14.5. The molecule has 3 heterocycles. The highest BCUT2D eigenvalue weighted by molar-refractivity contribution is 5.82. The minimum absolute atomic E-state index is 0.211. The molecule has 5 rings (SSSR count). The van der Waals surface area contributed by atoms with E-state index in [1.165, 1.54) is 17.7 Å². The average molecular weight is 498 g/mol. The molecule has 1 spiro atoms. The van der Waals surface area contributed by atoms with Crippen molar-refractivity contribution >= 4 is 5.91 Å². The molecule has 0 bridgehead atoms. The van der Waals surface area contributed by atoms with E-state index in [0.29, 0.717) is 24.9 Å². The normalized spacial score (nSPS) is 28.4. The van der Waals surface area contributed by atoms with E-state index in [-0.39, 0.29) is 17.9 Å². The summed E-state index contributed by atoms with van der Waals surface area (Å²) in [6, 6.07) is 13.7. The lowest BCUT2D eigenvalue weighted by Crippen LogP contribution is -2.95. The SMILES string of the molecule is CCC(CC)C1C[C@H](c2ccccc2)CCN1C(=O)[C@@H]1C[NH2+]CC[C@]12C[NH2+]Cc1cc(F)c(F)cc12. The Hall–Kier alpha value is -2.31. The zero-order valence-corrected chi connectivity index (χ0v) is 21.7. The van der Waals surface area contributed by atoms with Crippen LogP contribution in [0.3, 0.4) is 0 Å². The second-order valence-electron chi connectivity index (χ2n) is 11.2. The van der Waals surface area contributed by atoms with E-state index >= 15 is 0 Å². The van der Waals surface area contributed by atoms with Crippen molar-refractivity contribution in [1.82, 2.24) is 4.90 Å². The fraction of sp³-hybridized carbons (Fsp3) is 0.567. The lowest BCUT2D eigenvalue weighted by molar-refractivity contribution is -0.702. The summed E-state index contributed by atoms with van der Waals surface area (Å²) in [6.45, 7) is 8.25. The molecule has 6 heteroatoms. The van der Waals surface area contributed by atoms with Crippen LogP contribution in [0.2, 0.25) is 0 Å². The van der Waals surface area contributed by atoms with Crippen LogP contribution in [0.5, 0.6) is 0 Å². The van der Waals surface area contributed by atoms with E-state index in [0.717, 1.165) is 62.9 Å². The van der Waals surface area contributed by atoms with Crippen LogP contribution >= 0.6 is 0 Å². The van der Waals surface area contributed by atoms with Gasteiger partial charge in [0.05, 0.1) is 25.0 Å². The van der Waals surface area contributed by atoms with Gasteiger partial charge >= 0.3 is 0 Å². The van der Waals surface area contributed by atoms with E-state index in [4.69, 9.17) is 0 Å². The topological polar surface area (TPSA) is 53.5 Å². The summed E-state index contributed by atoms with van der Waals surface area (Å²) in [5.74, 6) is -0.665. The number of piperidine rings is 2. The third-order valence-electron chi connectivity index (χ3n) is 9.51. The number of fused-ring (bicyclic) bond motifs is 2. The molecule has 3 aliphatic heterocycles. The molecular formula is C30H41F2N3O+2. The van der Waals surface area contributed by atoms with Gasteiger partial charge in [0.2, 0.25) is 5.91 Å². The molecule has 0 saturated carbocycles. The van der Waals surface area contributed by atoms with E-state index in [1.54, 1.807) is 0 Å². The Kier molecular flexibility index (Phi) is 7.45. The highest BCUT2D eigenvalue weighted by atomic mass is 19.2. The maximum Gasteiger partial charge on any atom is 0.232 e. The van der Waals surface area contributed by atoms with Crippen LogP contribution in [0, 0.1) is 23.5 Å². The number of halogens is 2. The van der Waals surface area contributed by atoms with Crippen molar-refractivity contribution in [3.05, 3.63) is 70.8 Å². The molecule has 194 valence electrons. The van der Waals surface area contributed by atoms with Gasteiger partial charge < -0.3 is 15.5 Å². The number of hydrogen-bond acceptors (Lipinski definition) is 1. The number of nitrogens with zero attached hydrogens (tertiary/aromatic N) is 1. The van der Waals surface area contributed by atoms with Crippen molar-refractivity contribution in [2.24, 2.45) is 11.8 Å². The van der Waals surface area contributed by atoms with Gasteiger partial charge in [-0.05, 0) is 47.9 Å². The number of rotatable bonds is 5. The summed E-state index contributed by atoms with van der Waals surface area (Å²) in [4.78, 5) is 16.7. The molecule has 4 N–H and O–H groups in total. The molecule has 0 radical (unpaired) electrons. The van der Waals surface area contributed by atoms with Crippen LogP contribution in [0.25, 0.3) is 0 Å². The number of carbonyl (C=O) groups is 1. The van der Waals surface area contributed by atoms with Crippen LogP contribution in [0.15, 0.2) is 42.5 Å². The fourth-order valence-corrected chi connectivity index (χ4v) is 7.54. The quantitative estimate of drug-likeness (QED) is 0.656. The number of quaternary nitrogens is 2. The maximum absolute atomic E-state index is 14.5. The van der Waals surface area contributed by atoms with Gasteiger partial charge in [0, 0.05) is 24.6 Å². The second-order valence-corrected chi connectivity index (χ2v) is 11.2. The number of nitrogens with two attached hydrogens (primary N) is 2. The molecule has 4 atom stereocenters. The predicted molar refractivity (Wildman–Crippen MR) is 136 cm³/mol. The van der Waals surface area contributed by atoms with Crippen LogP contribution < -0.4 is 10.6 Å². The highest BCUT2D eigenvalue weighted by Gasteiger charge is 2.54. The summed E-state index contributed by atoms with van der Waals surface area (Å²) in [5.41, 5.74) is 2.65. The standard InChI is InChI=1S/C30H39F2N3O/c1-3-20(4-2)28-15-22(21-8-6-5-7-9-21)10-13-35(28)29(36)25-18-33-12-11-30(25)19-34-17-23-14-26(31)27(32)16-24(23)30/h5-9,14,16,20,22,25,28,33-34H,3-4,10-13,15,17-19H2,1-2H3/p+2/t22-,25+,28?,30-/m1/s1. The van der Waals surface area contributed by atoms with Gasteiger partial charge in [0.15, 0.2) is 11.6 Å². The molecule has 2 fully saturated rings. The van der Waals surface area contributed by atoms with Gasteiger partial charge in [-0.3, -0.25) is 4.79 Å². The van der Waals surface area contributed by atoms with E-state index in [9.17, 15) is 13.6 Å². The average Bonchev–Trinajstić information content (AvgIpc) is 2.91. The fourth-order valence-electron chi connectivity index (χ4n) is 7.54. The predicted octanol–water partition coefficient (Wildman–Crippen LogP) is 3.07. The van der Waals surface area contributed by atoms with Crippen molar-refractivity contribution in [1.29, 1.82) is 0 Å². The Labute approximate surface area is 213 Å². The number of amides is 1. The lowest BCUT2D eigenvalue weighted by atomic mass is 9.62. The molecular weight excluding hydrogens is 456 g/mol. The van der Waals surface area contributed by atoms with Gasteiger partial charge in [-0.25, -0.2) is 8.78 Å². The van der Waals surface area contributed by atoms with Gasteiger partial charge in [0.1, 0.15) is 12.5 Å². The van der Waals surface area contributed by atoms with Crippen LogP contribution in [-0.4, -0.2) is 43.0 Å². The summed E-state index contributed by atoms with van der Waals surface area (Å²) in [7, 11) is 0. The molecule has 3 aliphatic rings. The summed E-state index contributed by atoms with van der Waals surface area (Å²) in [6.07, 6.45) is 4.88. The first-order valence-electron chi connectivity index (χ1n) is 14.0. The van der Waals surface area contributed by atoms with Crippen LogP contribution in [0.1, 0.15) is 68.6 Å². The van der Waals surface area contributed by atoms with E-state index in [2.05, 4.69) is 59.7 Å². The number of likely N-dealkylation sites (tertiary alicyclic amines) is 1. The molecule has 2 aromatic rings. The Balaban J connectivity index is 1.48. The molecule has 36 heavy (non-hydrogen) atoms. The minimum Gasteiger partial charge on any atom is -0.346 e. The van der Waals surface area contributed by atoms with Crippen molar-refractivity contribution in [3.8, 4) is 0 Å². The Morgan fingerprint density at radius 3 is 2.61 bits per heavy atom. The van der Waals surface area contributed by atoms with Gasteiger partial charge in [-0.15, -0.1) is 0 Å². The smallest absolute Gasteiger partial charge is 0.232 e. The molecule has 0 aliphatic carbocycles. The van der Waals surface area contributed by atoms with Crippen molar-refractivity contribution in [2.45, 2.75) is 69.9 Å². The van der Waals surface area contributed by atoms with Crippen LogP contribution in [-0.2, 0) is 16.8 Å². The van der Waals surface area contributed by atoms with Crippen molar-refractivity contribution < 1.29 is 24.2 Å². The highest BCUT2D eigenvalue weighted by Crippen LogP contribution is 2.43. The first-order chi connectivity index (χ1) is 17.5. The van der Waals surface area contributed by atoms with Crippen molar-refractivity contribution in [3.63, 3.8) is 0 Å². The molecule has 0 aromatic heterocycles. The Bertz CT molecular complexity index is 1070. The van der Waals surface area contributed by atoms with Gasteiger partial charge in [-0.2, -0.15) is 0 Å². The molecule has 2 aromatic carbocycles. The van der Waals surface area contributed by atoms with Crippen molar-refractivity contribution in [2.75, 3.05) is 26.2 Å². The number of carbonyl (C=O) groups excluding carboxylic acids is 1. The third-order valence-corrected chi connectivity index (χ3v) is 9.51. The molecule has 2 saturated heterocycles. The first kappa shape index (κ1) is 25.3. The largest absolute Gasteiger partial charge is 0.346 e. The van der Waals surface area contributed by atoms with E-state index in [1.807, 2.05) is 0 Å². The lowest BCUT2D eigenvalue weighted by Gasteiger charge is -2.49. The first-order valence-corrected chi connectivity index (χ1v) is 14.0. The molecule has 1 unspecified atom stereocenters. The molecule has 1 amide bonds. The van der Waals surface area contributed by atoms with Crippen LogP contribution in [0.4, 0.5) is 8.78 Å². The summed E-state index contributed by atoms with van der Waals surface area (Å²) >= 11 is 0. The second kappa shape index (κ2) is 10.6. The zero-order valence-electron chi connectivity index (χ0n) is 21.7. The summed E-state index contributed by atoms with van der Waals surface area (Å²) in [5, 5.41) is 4.43.